The SMILES string of the molecule is Fc1ccc2c(c1)BOC2. The average Bonchev–Trinajstić information content (AvgIpc) is 2.33. The van der Waals surface area contributed by atoms with Crippen molar-refractivity contribution in [3.63, 3.8) is 0 Å². The fourth-order valence-electron chi connectivity index (χ4n) is 1.14. The molecule has 0 bridgehead atoms. The molecule has 50 valence electrons. The van der Waals surface area contributed by atoms with Crippen LogP contribution in [0.2, 0.25) is 0 Å². The van der Waals surface area contributed by atoms with E-state index in [9.17, 15) is 4.39 Å². The van der Waals surface area contributed by atoms with E-state index in [0.717, 1.165) is 11.0 Å². The Bertz CT molecular complexity index is 262. The molecule has 1 aliphatic rings. The highest BCUT2D eigenvalue weighted by atomic mass is 19.1. The molecule has 1 heterocycles. The highest BCUT2D eigenvalue weighted by Crippen LogP contribution is 2.06. The standard InChI is InChI=1S/C7H6BFO/c9-6-2-1-5-4-10-8-7(5)3-6/h1-3,8H,4H2. The van der Waals surface area contributed by atoms with Crippen molar-refractivity contribution >= 4 is 12.9 Å². The molecule has 10 heavy (non-hydrogen) atoms. The summed E-state index contributed by atoms with van der Waals surface area (Å²) in [6.07, 6.45) is 0. The van der Waals surface area contributed by atoms with Gasteiger partial charge in [0.15, 0.2) is 0 Å². The second-order valence-electron chi connectivity index (χ2n) is 2.41. The van der Waals surface area contributed by atoms with Crippen LogP contribution >= 0.6 is 0 Å². The quantitative estimate of drug-likeness (QED) is 0.467. The third-order valence-electron chi connectivity index (χ3n) is 1.68. The third kappa shape index (κ3) is 0.828. The Morgan fingerprint density at radius 3 is 3.30 bits per heavy atom. The number of rotatable bonds is 0. The molecular formula is C7H6BFO. The van der Waals surface area contributed by atoms with Crippen LogP contribution in [0.4, 0.5) is 4.39 Å². The van der Waals surface area contributed by atoms with Crippen LogP contribution in [-0.4, -0.2) is 7.48 Å². The van der Waals surface area contributed by atoms with E-state index < -0.39 is 0 Å². The van der Waals surface area contributed by atoms with E-state index >= 15 is 0 Å². The van der Waals surface area contributed by atoms with Gasteiger partial charge < -0.3 is 4.65 Å². The van der Waals surface area contributed by atoms with Crippen molar-refractivity contribution in [1.29, 1.82) is 0 Å². The Hall–Kier alpha value is -0.825. The van der Waals surface area contributed by atoms with Crippen LogP contribution in [0, 0.1) is 5.82 Å². The maximum absolute atomic E-state index is 12.5. The van der Waals surface area contributed by atoms with E-state index in [4.69, 9.17) is 4.65 Å². The van der Waals surface area contributed by atoms with Crippen molar-refractivity contribution in [3.8, 4) is 0 Å². The maximum atomic E-state index is 12.5. The van der Waals surface area contributed by atoms with Crippen molar-refractivity contribution in [2.75, 3.05) is 0 Å². The summed E-state index contributed by atoms with van der Waals surface area (Å²) in [5.41, 5.74) is 2.10. The van der Waals surface area contributed by atoms with Gasteiger partial charge in [-0.2, -0.15) is 0 Å². The minimum Gasteiger partial charge on any atom is -0.430 e. The molecule has 1 nitrogen and oxygen atoms in total. The summed E-state index contributed by atoms with van der Waals surface area (Å²) in [5, 5.41) is 0. The van der Waals surface area contributed by atoms with Crippen LogP contribution in [0.5, 0.6) is 0 Å². The predicted octanol–water partition coefficient (Wildman–Crippen LogP) is 0.333. The number of hydrogen-bond acceptors (Lipinski definition) is 1. The van der Waals surface area contributed by atoms with E-state index in [1.54, 1.807) is 6.07 Å². The normalized spacial score (nSPS) is 14.5. The molecule has 3 heteroatoms. The molecule has 0 fully saturated rings. The number of benzene rings is 1. The summed E-state index contributed by atoms with van der Waals surface area (Å²) in [4.78, 5) is 0. The van der Waals surface area contributed by atoms with Crippen LogP contribution in [-0.2, 0) is 11.3 Å². The number of fused-ring (bicyclic) bond motifs is 1. The zero-order valence-corrected chi connectivity index (χ0v) is 5.43. The monoisotopic (exact) mass is 136 g/mol. The van der Waals surface area contributed by atoms with Crippen LogP contribution in [0.3, 0.4) is 0 Å². The number of halogens is 1. The van der Waals surface area contributed by atoms with Crippen molar-refractivity contribution in [2.45, 2.75) is 6.61 Å². The second kappa shape index (κ2) is 2.09. The summed E-state index contributed by atoms with van der Waals surface area (Å²) >= 11 is 0. The molecular weight excluding hydrogens is 130 g/mol. The zero-order chi connectivity index (χ0) is 6.97. The second-order valence-corrected chi connectivity index (χ2v) is 2.41. The molecule has 0 aliphatic carbocycles. The van der Waals surface area contributed by atoms with Crippen molar-refractivity contribution in [2.24, 2.45) is 0 Å². The third-order valence-corrected chi connectivity index (χ3v) is 1.68. The topological polar surface area (TPSA) is 9.23 Å². The largest absolute Gasteiger partial charge is 0.430 e. The van der Waals surface area contributed by atoms with Gasteiger partial charge in [0.25, 0.3) is 0 Å². The van der Waals surface area contributed by atoms with E-state index in [1.165, 1.54) is 12.1 Å². The molecule has 0 radical (unpaired) electrons. The van der Waals surface area contributed by atoms with Crippen LogP contribution < -0.4 is 5.46 Å². The Kier molecular flexibility index (Phi) is 1.24. The predicted molar refractivity (Wildman–Crippen MR) is 38.0 cm³/mol. The first-order valence-electron chi connectivity index (χ1n) is 3.21. The molecule has 0 amide bonds. The highest BCUT2D eigenvalue weighted by molar-refractivity contribution is 6.48. The minimum absolute atomic E-state index is 0.177. The molecule has 1 aromatic carbocycles. The first-order valence-corrected chi connectivity index (χ1v) is 3.21. The van der Waals surface area contributed by atoms with E-state index in [1.807, 2.05) is 0 Å². The Balaban J connectivity index is 2.52. The lowest BCUT2D eigenvalue weighted by atomic mass is 9.87. The smallest absolute Gasteiger partial charge is 0.309 e. The summed E-state index contributed by atoms with van der Waals surface area (Å²) in [5.74, 6) is -0.177. The lowest BCUT2D eigenvalue weighted by molar-refractivity contribution is 0.345. The van der Waals surface area contributed by atoms with Gasteiger partial charge in [-0.05, 0) is 23.2 Å². The van der Waals surface area contributed by atoms with Crippen molar-refractivity contribution in [1.82, 2.24) is 0 Å². The summed E-state index contributed by atoms with van der Waals surface area (Å²) in [6, 6.07) is 4.77. The molecule has 1 aromatic rings. The lowest BCUT2D eigenvalue weighted by Crippen LogP contribution is -2.11. The van der Waals surface area contributed by atoms with Crippen LogP contribution in [0.25, 0.3) is 0 Å². The highest BCUT2D eigenvalue weighted by Gasteiger charge is 2.12. The first kappa shape index (κ1) is 5.92. The van der Waals surface area contributed by atoms with Crippen LogP contribution in [0.1, 0.15) is 5.56 Å². The van der Waals surface area contributed by atoms with E-state index in [0.29, 0.717) is 14.1 Å². The molecule has 0 saturated carbocycles. The van der Waals surface area contributed by atoms with Gasteiger partial charge in [-0.15, -0.1) is 0 Å². The van der Waals surface area contributed by atoms with Gasteiger partial charge in [-0.25, -0.2) is 4.39 Å². The van der Waals surface area contributed by atoms with Gasteiger partial charge in [-0.1, -0.05) is 6.07 Å². The summed E-state index contributed by atoms with van der Waals surface area (Å²) < 4.78 is 17.6. The molecule has 2 rings (SSSR count). The van der Waals surface area contributed by atoms with Gasteiger partial charge >= 0.3 is 7.48 Å². The van der Waals surface area contributed by atoms with Gasteiger partial charge in [0, 0.05) is 0 Å². The van der Waals surface area contributed by atoms with Crippen LogP contribution in [0.15, 0.2) is 18.2 Å². The summed E-state index contributed by atoms with van der Waals surface area (Å²) in [6.45, 7) is 0.635. The Labute approximate surface area is 59.1 Å². The minimum atomic E-state index is -0.177. The number of hydrogen-bond donors (Lipinski definition) is 0. The van der Waals surface area contributed by atoms with Gasteiger partial charge in [0.05, 0.1) is 6.61 Å². The van der Waals surface area contributed by atoms with Gasteiger partial charge in [0.2, 0.25) is 0 Å². The average molecular weight is 136 g/mol. The molecule has 0 spiro atoms. The Morgan fingerprint density at radius 1 is 1.50 bits per heavy atom. The lowest BCUT2D eigenvalue weighted by Gasteiger charge is -1.93. The fraction of sp³-hybridized carbons (Fsp3) is 0.143. The van der Waals surface area contributed by atoms with E-state index in [2.05, 4.69) is 0 Å². The molecule has 0 saturated heterocycles. The molecule has 0 unspecified atom stereocenters. The molecule has 0 aromatic heterocycles. The van der Waals surface area contributed by atoms with E-state index in [-0.39, 0.29) is 5.82 Å². The Morgan fingerprint density at radius 2 is 2.40 bits per heavy atom. The van der Waals surface area contributed by atoms with Crippen molar-refractivity contribution < 1.29 is 9.04 Å². The fourth-order valence-corrected chi connectivity index (χ4v) is 1.14. The zero-order valence-electron chi connectivity index (χ0n) is 5.43. The summed E-state index contributed by atoms with van der Waals surface area (Å²) in [7, 11) is 0.563. The maximum Gasteiger partial charge on any atom is 0.309 e. The first-order chi connectivity index (χ1) is 4.86. The molecule has 0 atom stereocenters. The molecule has 1 aliphatic heterocycles. The molecule has 0 N–H and O–H groups in total. The van der Waals surface area contributed by atoms with Gasteiger partial charge in [-0.3, -0.25) is 0 Å². The van der Waals surface area contributed by atoms with Gasteiger partial charge in [0.1, 0.15) is 5.82 Å². The van der Waals surface area contributed by atoms with Crippen molar-refractivity contribution in [3.05, 3.63) is 29.6 Å².